The SMILES string of the molecule is CC1CCC(C(=O)N(c2ccc(Oc3ccc(Cn4ccnc4)cc3C(F)(F)F)cc2C(=O)O)C(C)C)CC1.COC(=O)c1cc(Oc2ccc(CCl)cc2C(F)(F)F)ccc1N(C(=O)C1CCC(C)CC1)C(C)C. The fourth-order valence-corrected chi connectivity index (χ4v) is 9.70. The number of nitrogens with zero attached hydrogens (tertiary/aromatic N) is 4. The molecule has 1 heterocycles. The molecular weight excluding hydrogens is 1010 g/mol. The fraction of sp³-hybridized carbons (Fsp3) is 0.446. The molecule has 7 rings (SSSR count). The molecule has 2 amide bonds. The molecule has 1 N–H and O–H groups in total. The molecule has 4 aromatic carbocycles. The maximum Gasteiger partial charge on any atom is 0.419 e. The van der Waals surface area contributed by atoms with E-state index in [0.29, 0.717) is 28.7 Å². The van der Waals surface area contributed by atoms with Gasteiger partial charge >= 0.3 is 24.3 Å². The Balaban J connectivity index is 0.000000245. The molecule has 0 aliphatic heterocycles. The van der Waals surface area contributed by atoms with Crippen molar-refractivity contribution in [1.82, 2.24) is 9.55 Å². The number of imidazole rings is 1. The quantitative estimate of drug-likeness (QED) is 0.0616. The minimum absolute atomic E-state index is 0.00548. The summed E-state index contributed by atoms with van der Waals surface area (Å²) in [5.74, 6) is -2.50. The van der Waals surface area contributed by atoms with Gasteiger partial charge in [0.1, 0.15) is 23.0 Å². The maximum absolute atomic E-state index is 13.9. The van der Waals surface area contributed by atoms with Gasteiger partial charge in [-0.1, -0.05) is 26.0 Å². The number of amides is 2. The summed E-state index contributed by atoms with van der Waals surface area (Å²) in [6, 6.07) is 15.0. The molecule has 1 aromatic heterocycles. The lowest BCUT2D eigenvalue weighted by Crippen LogP contribution is -2.43. The third-order valence-electron chi connectivity index (χ3n) is 13.6. The molecule has 2 aliphatic rings. The highest BCUT2D eigenvalue weighted by Gasteiger charge is 2.38. The van der Waals surface area contributed by atoms with Crippen molar-refractivity contribution < 1.29 is 64.8 Å². The largest absolute Gasteiger partial charge is 0.478 e. The summed E-state index contributed by atoms with van der Waals surface area (Å²) in [5.41, 5.74) is -0.915. The topological polar surface area (TPSA) is 140 Å². The summed E-state index contributed by atoms with van der Waals surface area (Å²) in [7, 11) is 1.20. The zero-order chi connectivity index (χ0) is 54.9. The van der Waals surface area contributed by atoms with Gasteiger partial charge in [-0.05, 0) is 163 Å². The minimum atomic E-state index is -4.70. The zero-order valence-electron chi connectivity index (χ0n) is 42.9. The molecule has 0 atom stereocenters. The van der Waals surface area contributed by atoms with Crippen molar-refractivity contribution in [3.63, 3.8) is 0 Å². The maximum atomic E-state index is 13.9. The van der Waals surface area contributed by atoms with Crippen molar-refractivity contribution in [2.45, 2.75) is 130 Å². The van der Waals surface area contributed by atoms with Gasteiger partial charge in [0.2, 0.25) is 11.8 Å². The molecule has 75 heavy (non-hydrogen) atoms. The normalized spacial score (nSPS) is 17.9. The Morgan fingerprint density at radius 3 is 1.51 bits per heavy atom. The number of rotatable bonds is 15. The van der Waals surface area contributed by atoms with Crippen LogP contribution in [0.1, 0.15) is 136 Å². The molecule has 2 saturated carbocycles. The van der Waals surface area contributed by atoms with E-state index >= 15 is 0 Å². The third-order valence-corrected chi connectivity index (χ3v) is 13.9. The Labute approximate surface area is 437 Å². The predicted octanol–water partition coefficient (Wildman–Crippen LogP) is 14.6. The van der Waals surface area contributed by atoms with E-state index in [1.165, 1.54) is 85.2 Å². The van der Waals surface area contributed by atoms with Crippen LogP contribution in [-0.4, -0.2) is 57.6 Å². The summed E-state index contributed by atoms with van der Waals surface area (Å²) in [6.45, 7) is 11.8. The van der Waals surface area contributed by atoms with E-state index in [1.807, 2.05) is 13.8 Å². The standard InChI is InChI=1S/C29H32F3N3O4.C27H31ClF3NO4/c1-18(2)35(27(36)21-7-4-19(3)5-8-21)25-10-9-22(15-23(25)28(37)38)39-26-11-6-20(14-24(26)29(30,31)32)16-34-13-12-33-17-34;1-16(2)32(25(33)19-8-5-17(3)6-9-19)23-11-10-20(14-21(23)26(34)35-4)36-24-12-7-18(15-28)13-22(24)27(29,30)31/h6,9-15,17-19,21H,4-5,7-8,16H2,1-3H3,(H,37,38);7,10-14,16-17,19H,5-6,8-9,15H2,1-4H3. The van der Waals surface area contributed by atoms with Crippen molar-refractivity contribution in [2.24, 2.45) is 23.7 Å². The first-order valence-corrected chi connectivity index (χ1v) is 25.5. The lowest BCUT2D eigenvalue weighted by Gasteiger charge is -2.34. The molecule has 0 radical (unpaired) electrons. The zero-order valence-corrected chi connectivity index (χ0v) is 43.7. The molecule has 0 spiro atoms. The number of halogens is 7. The number of methoxy groups -OCH3 is 1. The van der Waals surface area contributed by atoms with Crippen molar-refractivity contribution in [3.8, 4) is 23.0 Å². The van der Waals surface area contributed by atoms with Crippen molar-refractivity contribution in [3.05, 3.63) is 125 Å². The van der Waals surface area contributed by atoms with Gasteiger partial charge in [0.15, 0.2) is 0 Å². The molecule has 0 unspecified atom stereocenters. The summed E-state index contributed by atoms with van der Waals surface area (Å²) in [6.07, 6.45) is 2.14. The Kier molecular flexibility index (Phi) is 19.1. The van der Waals surface area contributed by atoms with Crippen molar-refractivity contribution in [2.75, 3.05) is 16.9 Å². The first kappa shape index (κ1) is 57.7. The van der Waals surface area contributed by atoms with Crippen LogP contribution >= 0.6 is 11.6 Å². The number of hydrogen-bond donors (Lipinski definition) is 1. The first-order chi connectivity index (χ1) is 35.4. The second kappa shape index (κ2) is 24.9. The number of anilines is 2. The van der Waals surface area contributed by atoms with Crippen molar-refractivity contribution >= 4 is 46.7 Å². The van der Waals surface area contributed by atoms with E-state index in [0.717, 1.165) is 63.5 Å². The van der Waals surface area contributed by atoms with Gasteiger partial charge < -0.3 is 33.7 Å². The monoisotopic (exact) mass is 1070 g/mol. The van der Waals surface area contributed by atoms with Crippen LogP contribution in [0.5, 0.6) is 23.0 Å². The number of carboxylic acid groups (broad SMARTS) is 1. The van der Waals surface area contributed by atoms with E-state index in [-0.39, 0.29) is 76.5 Å². The molecule has 12 nitrogen and oxygen atoms in total. The van der Waals surface area contributed by atoms with Gasteiger partial charge in [-0.2, -0.15) is 26.3 Å². The summed E-state index contributed by atoms with van der Waals surface area (Å²) in [5, 5.41) is 9.98. The Morgan fingerprint density at radius 1 is 0.667 bits per heavy atom. The van der Waals surface area contributed by atoms with Gasteiger partial charge in [0, 0.05) is 48.7 Å². The number of hydrogen-bond acceptors (Lipinski definition) is 8. The third kappa shape index (κ3) is 14.6. The number of carbonyl (C=O) groups excluding carboxylic acids is 3. The summed E-state index contributed by atoms with van der Waals surface area (Å²) >= 11 is 5.70. The van der Waals surface area contributed by atoms with Crippen LogP contribution in [0.4, 0.5) is 37.7 Å². The smallest absolute Gasteiger partial charge is 0.419 e. The second-order valence-corrected chi connectivity index (χ2v) is 20.2. The number of alkyl halides is 7. The molecule has 2 aliphatic carbocycles. The number of aromatic nitrogens is 2. The highest BCUT2D eigenvalue weighted by Crippen LogP contribution is 2.43. The van der Waals surface area contributed by atoms with Gasteiger partial charge in [-0.15, -0.1) is 11.6 Å². The molecule has 19 heteroatoms. The van der Waals surface area contributed by atoms with Gasteiger partial charge in [0.05, 0.1) is 47.1 Å². The van der Waals surface area contributed by atoms with E-state index < -0.39 is 46.9 Å². The molecule has 0 bridgehead atoms. The predicted molar refractivity (Wildman–Crippen MR) is 273 cm³/mol. The van der Waals surface area contributed by atoms with Crippen LogP contribution in [-0.2, 0) is 39.1 Å². The van der Waals surface area contributed by atoms with Crippen LogP contribution < -0.4 is 19.3 Å². The highest BCUT2D eigenvalue weighted by atomic mass is 35.5. The van der Waals surface area contributed by atoms with Crippen LogP contribution in [0.2, 0.25) is 0 Å². The molecule has 2 fully saturated rings. The summed E-state index contributed by atoms with van der Waals surface area (Å²) in [4.78, 5) is 58.9. The lowest BCUT2D eigenvalue weighted by atomic mass is 9.82. The highest BCUT2D eigenvalue weighted by molar-refractivity contribution is 6.17. The number of aromatic carboxylic acids is 1. The van der Waals surface area contributed by atoms with Crippen LogP contribution in [0.3, 0.4) is 0 Å². The van der Waals surface area contributed by atoms with Gasteiger partial charge in [-0.25, -0.2) is 14.6 Å². The van der Waals surface area contributed by atoms with Crippen LogP contribution in [0.25, 0.3) is 0 Å². The van der Waals surface area contributed by atoms with Gasteiger partial charge in [0.25, 0.3) is 0 Å². The first-order valence-electron chi connectivity index (χ1n) is 24.9. The van der Waals surface area contributed by atoms with Crippen LogP contribution in [0, 0.1) is 23.7 Å². The molecule has 404 valence electrons. The Hall–Kier alpha value is -6.56. The molecule has 5 aromatic rings. The number of benzene rings is 4. The molecule has 0 saturated heterocycles. The Bertz CT molecular complexity index is 2780. The average Bonchev–Trinajstić information content (AvgIpc) is 3.88. The van der Waals surface area contributed by atoms with E-state index in [2.05, 4.69) is 18.8 Å². The minimum Gasteiger partial charge on any atom is -0.478 e. The van der Waals surface area contributed by atoms with E-state index in [4.69, 9.17) is 25.8 Å². The number of carbonyl (C=O) groups is 4. The summed E-state index contributed by atoms with van der Waals surface area (Å²) < 4.78 is 100. The molecular formula is C56H63ClF6N4O8. The van der Waals surface area contributed by atoms with Gasteiger partial charge in [-0.3, -0.25) is 9.59 Å². The van der Waals surface area contributed by atoms with Crippen molar-refractivity contribution in [1.29, 1.82) is 0 Å². The lowest BCUT2D eigenvalue weighted by molar-refractivity contribution is -0.139. The average molecular weight is 1070 g/mol. The number of esters is 1. The Morgan fingerprint density at radius 2 is 1.11 bits per heavy atom. The second-order valence-electron chi connectivity index (χ2n) is 19.9. The van der Waals surface area contributed by atoms with Crippen LogP contribution in [0.15, 0.2) is 91.5 Å². The number of ether oxygens (including phenoxy) is 3. The van der Waals surface area contributed by atoms with E-state index in [1.54, 1.807) is 29.5 Å². The number of carboxylic acids is 1. The van der Waals surface area contributed by atoms with E-state index in [9.17, 15) is 50.6 Å². The fourth-order valence-electron chi connectivity index (χ4n) is 9.53.